The molecule has 0 bridgehead atoms. The number of rotatable bonds is 7. The summed E-state index contributed by atoms with van der Waals surface area (Å²) in [4.78, 5) is 0. The van der Waals surface area contributed by atoms with Crippen LogP contribution in [0.3, 0.4) is 0 Å². The van der Waals surface area contributed by atoms with Gasteiger partial charge in [0.1, 0.15) is 12.4 Å². The molecule has 1 heterocycles. The highest BCUT2D eigenvalue weighted by Gasteiger charge is 2.10. The van der Waals surface area contributed by atoms with Gasteiger partial charge in [0.25, 0.3) is 0 Å². The number of benzene rings is 1. The molecule has 20 heavy (non-hydrogen) atoms. The topological polar surface area (TPSA) is 49.2 Å². The Balaban J connectivity index is 1.95. The van der Waals surface area contributed by atoms with Gasteiger partial charge in [0.05, 0.1) is 11.6 Å². The Labute approximate surface area is 127 Å². The molecule has 0 fully saturated rings. The molecule has 0 saturated carbocycles. The number of hydrogen-bond acceptors (Lipinski definition) is 5. The lowest BCUT2D eigenvalue weighted by molar-refractivity contribution is 0.218. The van der Waals surface area contributed by atoms with Gasteiger partial charge in [0, 0.05) is 19.9 Å². The largest absolute Gasteiger partial charge is 0.484 e. The van der Waals surface area contributed by atoms with Crippen LogP contribution >= 0.6 is 23.4 Å². The maximum absolute atomic E-state index is 6.03. The summed E-state index contributed by atoms with van der Waals surface area (Å²) in [7, 11) is 3.60. The third-order valence-electron chi connectivity index (χ3n) is 2.64. The van der Waals surface area contributed by atoms with E-state index in [9.17, 15) is 0 Å². The molecule has 1 aromatic carbocycles. The predicted octanol–water partition coefficient (Wildman–Crippen LogP) is 2.79. The van der Waals surface area contributed by atoms with Crippen LogP contribution in [0.2, 0.25) is 5.02 Å². The molecular formula is C13H16ClN3O2S. The van der Waals surface area contributed by atoms with Crippen LogP contribution in [0, 0.1) is 0 Å². The van der Waals surface area contributed by atoms with Gasteiger partial charge in [-0.25, -0.2) is 0 Å². The summed E-state index contributed by atoms with van der Waals surface area (Å²) in [5.41, 5.74) is 0. The first-order chi connectivity index (χ1) is 9.72. The van der Waals surface area contributed by atoms with Crippen molar-refractivity contribution in [1.29, 1.82) is 0 Å². The molecule has 1 aromatic heterocycles. The minimum Gasteiger partial charge on any atom is -0.484 e. The lowest BCUT2D eigenvalue weighted by Crippen LogP contribution is -2.05. The quantitative estimate of drug-likeness (QED) is 0.581. The van der Waals surface area contributed by atoms with Gasteiger partial charge in [-0.2, -0.15) is 0 Å². The van der Waals surface area contributed by atoms with Crippen LogP contribution in [0.4, 0.5) is 0 Å². The molecule has 2 rings (SSSR count). The summed E-state index contributed by atoms with van der Waals surface area (Å²) >= 11 is 7.63. The average molecular weight is 314 g/mol. The maximum atomic E-state index is 6.03. The molecule has 0 radical (unpaired) electrons. The number of para-hydroxylation sites is 1. The summed E-state index contributed by atoms with van der Waals surface area (Å²) in [5, 5.41) is 9.69. The zero-order chi connectivity index (χ0) is 14.4. The van der Waals surface area contributed by atoms with Crippen LogP contribution in [0.25, 0.3) is 0 Å². The second kappa shape index (κ2) is 7.52. The zero-order valence-electron chi connectivity index (χ0n) is 11.4. The summed E-state index contributed by atoms with van der Waals surface area (Å²) in [6.45, 7) is 1.01. The van der Waals surface area contributed by atoms with E-state index in [1.54, 1.807) is 24.9 Å². The first kappa shape index (κ1) is 15.2. The van der Waals surface area contributed by atoms with Crippen molar-refractivity contribution in [3.63, 3.8) is 0 Å². The summed E-state index contributed by atoms with van der Waals surface area (Å²) in [5.74, 6) is 2.24. The molecule has 108 valence electrons. The molecule has 5 nitrogen and oxygen atoms in total. The molecule has 0 aliphatic heterocycles. The molecule has 0 aliphatic carbocycles. The molecule has 7 heteroatoms. The van der Waals surface area contributed by atoms with Gasteiger partial charge in [0.2, 0.25) is 0 Å². The van der Waals surface area contributed by atoms with Crippen LogP contribution in [0.1, 0.15) is 5.82 Å². The van der Waals surface area contributed by atoms with Gasteiger partial charge in [-0.3, -0.25) is 0 Å². The van der Waals surface area contributed by atoms with E-state index in [-0.39, 0.29) is 0 Å². The Morgan fingerprint density at radius 2 is 2.10 bits per heavy atom. The highest BCUT2D eigenvalue weighted by atomic mass is 35.5. The van der Waals surface area contributed by atoms with Crippen LogP contribution in [-0.2, 0) is 18.4 Å². The van der Waals surface area contributed by atoms with Crippen molar-refractivity contribution in [1.82, 2.24) is 14.8 Å². The molecule has 0 amide bonds. The molecule has 0 N–H and O–H groups in total. The van der Waals surface area contributed by atoms with Crippen LogP contribution < -0.4 is 4.74 Å². The van der Waals surface area contributed by atoms with Gasteiger partial charge in [-0.1, -0.05) is 35.5 Å². The van der Waals surface area contributed by atoms with E-state index in [1.165, 1.54) is 0 Å². The monoisotopic (exact) mass is 313 g/mol. The fraction of sp³-hybridized carbons (Fsp3) is 0.385. The normalized spacial score (nSPS) is 10.8. The Morgan fingerprint density at radius 3 is 2.85 bits per heavy atom. The van der Waals surface area contributed by atoms with Gasteiger partial charge in [0.15, 0.2) is 11.0 Å². The van der Waals surface area contributed by atoms with Crippen LogP contribution in [0.5, 0.6) is 5.75 Å². The lowest BCUT2D eigenvalue weighted by Gasteiger charge is -2.07. The first-order valence-corrected chi connectivity index (χ1v) is 7.46. The number of thioether (sulfide) groups is 1. The van der Waals surface area contributed by atoms with Crippen molar-refractivity contribution in [2.24, 2.45) is 7.05 Å². The third-order valence-corrected chi connectivity index (χ3v) is 3.93. The summed E-state index contributed by atoms with van der Waals surface area (Å²) < 4.78 is 12.6. The minimum absolute atomic E-state index is 0.331. The second-order valence-electron chi connectivity index (χ2n) is 4.02. The summed E-state index contributed by atoms with van der Waals surface area (Å²) in [6.07, 6.45) is 0. The van der Waals surface area contributed by atoms with Crippen LogP contribution in [0.15, 0.2) is 29.4 Å². The van der Waals surface area contributed by atoms with Crippen molar-refractivity contribution in [2.75, 3.05) is 19.5 Å². The Bertz CT molecular complexity index is 562. The number of aromatic nitrogens is 3. The van der Waals surface area contributed by atoms with E-state index in [2.05, 4.69) is 10.2 Å². The van der Waals surface area contributed by atoms with Crippen molar-refractivity contribution in [2.45, 2.75) is 11.8 Å². The number of hydrogen-bond donors (Lipinski definition) is 0. The number of halogens is 1. The van der Waals surface area contributed by atoms with Crippen molar-refractivity contribution < 1.29 is 9.47 Å². The third kappa shape index (κ3) is 3.88. The molecule has 0 spiro atoms. The van der Waals surface area contributed by atoms with Gasteiger partial charge in [-0.15, -0.1) is 10.2 Å². The van der Waals surface area contributed by atoms with Gasteiger partial charge < -0.3 is 14.0 Å². The van der Waals surface area contributed by atoms with E-state index in [0.29, 0.717) is 24.0 Å². The van der Waals surface area contributed by atoms with Gasteiger partial charge in [-0.05, 0) is 12.1 Å². The van der Waals surface area contributed by atoms with E-state index in [1.807, 2.05) is 29.8 Å². The minimum atomic E-state index is 0.331. The lowest BCUT2D eigenvalue weighted by atomic mass is 10.3. The van der Waals surface area contributed by atoms with E-state index >= 15 is 0 Å². The molecule has 0 unspecified atom stereocenters. The fourth-order valence-electron chi connectivity index (χ4n) is 1.52. The molecular weight excluding hydrogens is 298 g/mol. The highest BCUT2D eigenvalue weighted by molar-refractivity contribution is 7.99. The molecule has 2 aromatic rings. The molecule has 0 atom stereocenters. The number of ether oxygens (including phenoxy) is 2. The van der Waals surface area contributed by atoms with E-state index < -0.39 is 0 Å². The molecule has 0 aliphatic rings. The average Bonchev–Trinajstić information content (AvgIpc) is 2.80. The molecule has 0 saturated heterocycles. The van der Waals surface area contributed by atoms with Crippen molar-refractivity contribution in [3.8, 4) is 5.75 Å². The number of nitrogens with zero attached hydrogens (tertiary/aromatic N) is 3. The maximum Gasteiger partial charge on any atom is 0.191 e. The second-order valence-corrected chi connectivity index (χ2v) is 5.49. The summed E-state index contributed by atoms with van der Waals surface area (Å²) in [6, 6.07) is 7.36. The van der Waals surface area contributed by atoms with Crippen LogP contribution in [-0.4, -0.2) is 34.2 Å². The Kier molecular flexibility index (Phi) is 5.70. The standard InChI is InChI=1S/C13H16ClN3O2S/c1-17-12(15-16-13(17)20-8-7-18-2)9-19-11-6-4-3-5-10(11)14/h3-6H,7-9H2,1-2H3. The van der Waals surface area contributed by atoms with Crippen molar-refractivity contribution >= 4 is 23.4 Å². The zero-order valence-corrected chi connectivity index (χ0v) is 12.9. The SMILES string of the molecule is COCCSc1nnc(COc2ccccc2Cl)n1C. The highest BCUT2D eigenvalue weighted by Crippen LogP contribution is 2.24. The van der Waals surface area contributed by atoms with E-state index in [0.717, 1.165) is 16.7 Å². The Morgan fingerprint density at radius 1 is 1.30 bits per heavy atom. The first-order valence-electron chi connectivity index (χ1n) is 6.09. The fourth-order valence-corrected chi connectivity index (χ4v) is 2.54. The smallest absolute Gasteiger partial charge is 0.191 e. The Hall–Kier alpha value is -1.24. The predicted molar refractivity (Wildman–Crippen MR) is 79.4 cm³/mol. The van der Waals surface area contributed by atoms with Gasteiger partial charge >= 0.3 is 0 Å². The number of methoxy groups -OCH3 is 1. The van der Waals surface area contributed by atoms with E-state index in [4.69, 9.17) is 21.1 Å². The van der Waals surface area contributed by atoms with Crippen molar-refractivity contribution in [3.05, 3.63) is 35.1 Å².